The Morgan fingerprint density at radius 2 is 2.06 bits per heavy atom. The van der Waals surface area contributed by atoms with Crippen LogP contribution in [0.25, 0.3) is 0 Å². The average Bonchev–Trinajstić information content (AvgIpc) is 2.32. The fourth-order valence-electron chi connectivity index (χ4n) is 1.52. The highest BCUT2D eigenvalue weighted by molar-refractivity contribution is 9.10. The van der Waals surface area contributed by atoms with Gasteiger partial charge in [-0.25, -0.2) is 4.79 Å². The Hall–Kier alpha value is -1.03. The average molecular weight is 314 g/mol. The summed E-state index contributed by atoms with van der Waals surface area (Å²) in [6.45, 7) is 8.71. The molecular formula is C14H20BrNO2. The Morgan fingerprint density at radius 1 is 1.39 bits per heavy atom. The Kier molecular flexibility index (Phi) is 5.20. The number of ether oxygens (including phenoxy) is 1. The van der Waals surface area contributed by atoms with Crippen molar-refractivity contribution in [3.8, 4) is 0 Å². The second-order valence-electron chi connectivity index (χ2n) is 4.78. The molecule has 1 rings (SSSR count). The van der Waals surface area contributed by atoms with E-state index in [0.717, 1.165) is 16.6 Å². The number of hydrogen-bond donors (Lipinski definition) is 1. The number of nitrogens with one attached hydrogen (secondary N) is 1. The van der Waals surface area contributed by atoms with Crippen molar-refractivity contribution in [1.82, 2.24) is 0 Å². The third-order valence-electron chi connectivity index (χ3n) is 3.15. The first-order valence-electron chi connectivity index (χ1n) is 6.14. The smallest absolute Gasteiger partial charge is 0.411 e. The molecule has 0 aromatic heterocycles. The molecule has 1 amide bonds. The summed E-state index contributed by atoms with van der Waals surface area (Å²) in [5.74, 6) is 0. The van der Waals surface area contributed by atoms with Crippen LogP contribution in [0.2, 0.25) is 0 Å². The van der Waals surface area contributed by atoms with Crippen LogP contribution in [-0.2, 0) is 10.2 Å². The zero-order valence-electron chi connectivity index (χ0n) is 11.3. The molecule has 4 heteroatoms. The largest absolute Gasteiger partial charge is 0.450 e. The van der Waals surface area contributed by atoms with Gasteiger partial charge in [-0.05, 0) is 52.4 Å². The highest BCUT2D eigenvalue weighted by Crippen LogP contribution is 2.32. The zero-order valence-corrected chi connectivity index (χ0v) is 12.9. The monoisotopic (exact) mass is 313 g/mol. The van der Waals surface area contributed by atoms with Crippen molar-refractivity contribution in [1.29, 1.82) is 0 Å². The van der Waals surface area contributed by atoms with Gasteiger partial charge in [0, 0.05) is 4.47 Å². The van der Waals surface area contributed by atoms with E-state index in [1.807, 2.05) is 18.2 Å². The molecule has 0 spiro atoms. The number of carbonyl (C=O) groups is 1. The fraction of sp³-hybridized carbons (Fsp3) is 0.500. The SMILES string of the molecule is CCOC(=O)Nc1ccc(C(C)(C)CC)cc1Br. The van der Waals surface area contributed by atoms with Gasteiger partial charge in [0.15, 0.2) is 0 Å². The second kappa shape index (κ2) is 6.23. The van der Waals surface area contributed by atoms with Crippen molar-refractivity contribution >= 4 is 27.7 Å². The first-order chi connectivity index (χ1) is 8.40. The molecule has 0 aliphatic rings. The lowest BCUT2D eigenvalue weighted by atomic mass is 9.82. The zero-order chi connectivity index (χ0) is 13.8. The Bertz CT molecular complexity index is 430. The Morgan fingerprint density at radius 3 is 2.56 bits per heavy atom. The molecular weight excluding hydrogens is 294 g/mol. The lowest BCUT2D eigenvalue weighted by Crippen LogP contribution is -2.17. The van der Waals surface area contributed by atoms with E-state index in [2.05, 4.69) is 42.0 Å². The van der Waals surface area contributed by atoms with Crippen LogP contribution >= 0.6 is 15.9 Å². The van der Waals surface area contributed by atoms with Crippen molar-refractivity contribution in [3.63, 3.8) is 0 Å². The summed E-state index contributed by atoms with van der Waals surface area (Å²) in [7, 11) is 0. The van der Waals surface area contributed by atoms with Crippen LogP contribution in [0.4, 0.5) is 10.5 Å². The molecule has 1 aromatic rings. The number of carbonyl (C=O) groups excluding carboxylic acids is 1. The maximum atomic E-state index is 11.3. The molecule has 0 saturated carbocycles. The molecule has 0 heterocycles. The van der Waals surface area contributed by atoms with E-state index in [0.29, 0.717) is 6.61 Å². The van der Waals surface area contributed by atoms with Gasteiger partial charge >= 0.3 is 6.09 Å². The summed E-state index contributed by atoms with van der Waals surface area (Å²) in [5.41, 5.74) is 2.10. The van der Waals surface area contributed by atoms with Crippen LogP contribution < -0.4 is 5.32 Å². The third-order valence-corrected chi connectivity index (χ3v) is 3.80. The van der Waals surface area contributed by atoms with E-state index in [9.17, 15) is 4.79 Å². The summed E-state index contributed by atoms with van der Waals surface area (Å²) in [6.07, 6.45) is 0.630. The standard InChI is InChI=1S/C14H20BrNO2/c1-5-14(3,4)10-7-8-12(11(15)9-10)16-13(17)18-6-2/h7-9H,5-6H2,1-4H3,(H,16,17). The second-order valence-corrected chi connectivity index (χ2v) is 5.63. The minimum atomic E-state index is -0.430. The van der Waals surface area contributed by atoms with Crippen molar-refractivity contribution in [2.75, 3.05) is 11.9 Å². The van der Waals surface area contributed by atoms with Crippen LogP contribution in [0.3, 0.4) is 0 Å². The number of hydrogen-bond acceptors (Lipinski definition) is 2. The van der Waals surface area contributed by atoms with E-state index in [1.165, 1.54) is 5.56 Å². The van der Waals surface area contributed by atoms with Gasteiger partial charge < -0.3 is 4.74 Å². The molecule has 18 heavy (non-hydrogen) atoms. The lowest BCUT2D eigenvalue weighted by Gasteiger charge is -2.24. The van der Waals surface area contributed by atoms with E-state index < -0.39 is 6.09 Å². The van der Waals surface area contributed by atoms with Gasteiger partial charge in [-0.3, -0.25) is 5.32 Å². The van der Waals surface area contributed by atoms with Crippen molar-refractivity contribution in [2.24, 2.45) is 0 Å². The van der Waals surface area contributed by atoms with Crippen LogP contribution in [0.15, 0.2) is 22.7 Å². The van der Waals surface area contributed by atoms with E-state index in [1.54, 1.807) is 6.92 Å². The summed E-state index contributed by atoms with van der Waals surface area (Å²) in [4.78, 5) is 11.3. The summed E-state index contributed by atoms with van der Waals surface area (Å²) in [5, 5.41) is 2.70. The molecule has 0 radical (unpaired) electrons. The Labute approximate surface area is 117 Å². The number of benzene rings is 1. The van der Waals surface area contributed by atoms with Crippen LogP contribution in [0.5, 0.6) is 0 Å². The van der Waals surface area contributed by atoms with E-state index >= 15 is 0 Å². The molecule has 100 valence electrons. The van der Waals surface area contributed by atoms with E-state index in [-0.39, 0.29) is 5.41 Å². The lowest BCUT2D eigenvalue weighted by molar-refractivity contribution is 0.168. The maximum absolute atomic E-state index is 11.3. The summed E-state index contributed by atoms with van der Waals surface area (Å²) in [6, 6.07) is 5.98. The highest BCUT2D eigenvalue weighted by atomic mass is 79.9. The molecule has 0 bridgehead atoms. The molecule has 0 saturated heterocycles. The minimum Gasteiger partial charge on any atom is -0.450 e. The molecule has 1 aromatic carbocycles. The maximum Gasteiger partial charge on any atom is 0.411 e. The van der Waals surface area contributed by atoms with Crippen molar-refractivity contribution < 1.29 is 9.53 Å². The summed E-state index contributed by atoms with van der Waals surface area (Å²) >= 11 is 3.48. The predicted molar refractivity (Wildman–Crippen MR) is 78.1 cm³/mol. The molecule has 0 unspecified atom stereocenters. The van der Waals surface area contributed by atoms with Gasteiger partial charge in [0.2, 0.25) is 0 Å². The van der Waals surface area contributed by atoms with Gasteiger partial charge in [-0.1, -0.05) is 26.8 Å². The molecule has 0 fully saturated rings. The van der Waals surface area contributed by atoms with Crippen LogP contribution in [-0.4, -0.2) is 12.7 Å². The predicted octanol–water partition coefficient (Wildman–Crippen LogP) is 4.71. The van der Waals surface area contributed by atoms with Crippen molar-refractivity contribution in [2.45, 2.75) is 39.5 Å². The third kappa shape index (κ3) is 3.73. The number of rotatable bonds is 4. The molecule has 1 N–H and O–H groups in total. The minimum absolute atomic E-state index is 0.130. The first kappa shape index (κ1) is 15.0. The molecule has 0 aliphatic carbocycles. The Balaban J connectivity index is 2.90. The number of amides is 1. The highest BCUT2D eigenvalue weighted by Gasteiger charge is 2.19. The van der Waals surface area contributed by atoms with Gasteiger partial charge in [0.05, 0.1) is 12.3 Å². The molecule has 0 aliphatic heterocycles. The normalized spacial score (nSPS) is 11.2. The first-order valence-corrected chi connectivity index (χ1v) is 6.93. The number of anilines is 1. The van der Waals surface area contributed by atoms with E-state index in [4.69, 9.17) is 4.74 Å². The topological polar surface area (TPSA) is 38.3 Å². The molecule has 0 atom stereocenters. The summed E-state index contributed by atoms with van der Waals surface area (Å²) < 4.78 is 5.72. The van der Waals surface area contributed by atoms with Crippen molar-refractivity contribution in [3.05, 3.63) is 28.2 Å². The van der Waals surface area contributed by atoms with Crippen LogP contribution in [0, 0.1) is 0 Å². The number of halogens is 1. The quantitative estimate of drug-likeness (QED) is 0.874. The van der Waals surface area contributed by atoms with Gasteiger partial charge in [0.25, 0.3) is 0 Å². The van der Waals surface area contributed by atoms with Gasteiger partial charge in [-0.15, -0.1) is 0 Å². The van der Waals surface area contributed by atoms with Gasteiger partial charge in [-0.2, -0.15) is 0 Å². The van der Waals surface area contributed by atoms with Crippen LogP contribution in [0.1, 0.15) is 39.7 Å². The molecule has 3 nitrogen and oxygen atoms in total. The fourth-order valence-corrected chi connectivity index (χ4v) is 2.00. The van der Waals surface area contributed by atoms with Gasteiger partial charge in [0.1, 0.15) is 0 Å².